The molecule has 2 heterocycles. The number of methoxy groups -OCH3 is 2. The summed E-state index contributed by atoms with van der Waals surface area (Å²) in [5.41, 5.74) is 3.86. The predicted octanol–water partition coefficient (Wildman–Crippen LogP) is 7.04. The van der Waals surface area contributed by atoms with Gasteiger partial charge in [-0.15, -0.1) is 11.3 Å². The summed E-state index contributed by atoms with van der Waals surface area (Å²) in [4.78, 5) is 31.3. The Balaban J connectivity index is 1.63. The van der Waals surface area contributed by atoms with E-state index in [1.807, 2.05) is 59.2 Å². The Morgan fingerprint density at radius 3 is 2.36 bits per heavy atom. The molecule has 0 spiro atoms. The third kappa shape index (κ3) is 6.87. The van der Waals surface area contributed by atoms with Crippen molar-refractivity contribution in [2.75, 3.05) is 34.4 Å². The minimum Gasteiger partial charge on any atom is -0.497 e. The van der Waals surface area contributed by atoms with E-state index >= 15 is 0 Å². The molecule has 7 nitrogen and oxygen atoms in total. The summed E-state index contributed by atoms with van der Waals surface area (Å²) in [6.45, 7) is 3.74. The maximum Gasteiger partial charge on any atom is 0.343 e. The molecule has 0 aliphatic carbocycles. The highest BCUT2D eigenvalue weighted by atomic mass is 32.1. The van der Waals surface area contributed by atoms with Crippen LogP contribution in [0.3, 0.4) is 0 Å². The molecule has 0 radical (unpaired) electrons. The molecule has 44 heavy (non-hydrogen) atoms. The maximum atomic E-state index is 14.1. The number of esters is 1. The number of aromatic nitrogens is 1. The minimum atomic E-state index is -0.618. The number of para-hydroxylation sites is 1. The van der Waals surface area contributed by atoms with E-state index in [0.717, 1.165) is 57.3 Å². The van der Waals surface area contributed by atoms with Crippen molar-refractivity contribution in [3.8, 4) is 21.9 Å². The Kier molecular flexibility index (Phi) is 10.1. The summed E-state index contributed by atoms with van der Waals surface area (Å²) in [6.07, 6.45) is 3.59. The predicted molar refractivity (Wildman–Crippen MR) is 177 cm³/mol. The monoisotopic (exact) mass is 610 g/mol. The van der Waals surface area contributed by atoms with Crippen molar-refractivity contribution in [2.45, 2.75) is 32.9 Å². The van der Waals surface area contributed by atoms with Gasteiger partial charge in [0.05, 0.1) is 32.8 Å². The van der Waals surface area contributed by atoms with Gasteiger partial charge in [-0.05, 0) is 80.4 Å². The van der Waals surface area contributed by atoms with Gasteiger partial charge in [-0.2, -0.15) is 0 Å². The van der Waals surface area contributed by atoms with Gasteiger partial charge in [0, 0.05) is 23.2 Å². The first-order valence-corrected chi connectivity index (χ1v) is 15.6. The number of rotatable bonds is 13. The molecule has 0 saturated carbocycles. The molecule has 0 atom stereocenters. The van der Waals surface area contributed by atoms with E-state index in [9.17, 15) is 9.59 Å². The topological polar surface area (TPSA) is 70.0 Å². The number of thiophene rings is 1. The molecule has 3 aromatic carbocycles. The molecule has 8 heteroatoms. The van der Waals surface area contributed by atoms with E-state index in [-0.39, 0.29) is 17.6 Å². The quantitative estimate of drug-likeness (QED) is 0.133. The van der Waals surface area contributed by atoms with E-state index in [4.69, 9.17) is 14.2 Å². The SMILES string of the molecule is CCOC(=O)c1cn(Cc2ccccc2OC)c2sc(-c3ccc(OC)cc3)c(CN(C)CCCc3ccccc3)c2c1=O. The molecule has 0 saturated heterocycles. The van der Waals surface area contributed by atoms with E-state index in [1.165, 1.54) is 5.56 Å². The van der Waals surface area contributed by atoms with Crippen LogP contribution in [-0.2, 0) is 24.2 Å². The second-order valence-electron chi connectivity index (χ2n) is 10.7. The molecule has 0 amide bonds. The fraction of sp³-hybridized carbons (Fsp3) is 0.278. The van der Waals surface area contributed by atoms with Gasteiger partial charge in [-0.3, -0.25) is 4.79 Å². The standard InChI is InChI=1S/C36H38N2O5S/c1-5-43-36(40)30-24-38(22-27-15-9-10-16-31(27)42-4)35-32(33(30)39)29(34(44-35)26-17-19-28(41-3)20-18-26)23-37(2)21-11-14-25-12-7-6-8-13-25/h6-10,12-13,15-20,24H,5,11,14,21-23H2,1-4H3. The summed E-state index contributed by atoms with van der Waals surface area (Å²) in [5, 5.41) is 0.552. The van der Waals surface area contributed by atoms with Gasteiger partial charge in [0.25, 0.3) is 0 Å². The van der Waals surface area contributed by atoms with Gasteiger partial charge in [0.1, 0.15) is 21.9 Å². The highest BCUT2D eigenvalue weighted by molar-refractivity contribution is 7.22. The lowest BCUT2D eigenvalue weighted by Crippen LogP contribution is -2.23. The van der Waals surface area contributed by atoms with Crippen molar-refractivity contribution >= 4 is 27.5 Å². The lowest BCUT2D eigenvalue weighted by atomic mass is 10.0. The van der Waals surface area contributed by atoms with Crippen LogP contribution in [0.25, 0.3) is 20.7 Å². The molecule has 0 unspecified atom stereocenters. The Bertz CT molecular complexity index is 1780. The van der Waals surface area contributed by atoms with Crippen LogP contribution in [0.5, 0.6) is 11.5 Å². The van der Waals surface area contributed by atoms with Crippen LogP contribution in [0.1, 0.15) is 40.4 Å². The number of carbonyl (C=O) groups is 1. The zero-order valence-corrected chi connectivity index (χ0v) is 26.5. The second kappa shape index (κ2) is 14.4. The first kappa shape index (κ1) is 31.0. The van der Waals surface area contributed by atoms with Crippen molar-refractivity contribution in [3.63, 3.8) is 0 Å². The summed E-state index contributed by atoms with van der Waals surface area (Å²) in [7, 11) is 5.36. The van der Waals surface area contributed by atoms with E-state index in [1.54, 1.807) is 38.7 Å². The molecule has 0 aliphatic heterocycles. The number of aryl methyl sites for hydroxylation is 1. The third-order valence-corrected chi connectivity index (χ3v) is 8.98. The molecule has 0 aliphatic rings. The Morgan fingerprint density at radius 2 is 1.66 bits per heavy atom. The largest absolute Gasteiger partial charge is 0.497 e. The highest BCUT2D eigenvalue weighted by Crippen LogP contribution is 2.39. The van der Waals surface area contributed by atoms with E-state index < -0.39 is 5.97 Å². The lowest BCUT2D eigenvalue weighted by molar-refractivity contribution is 0.0524. The number of hydrogen-bond donors (Lipinski definition) is 0. The first-order chi connectivity index (χ1) is 21.4. The molecule has 228 valence electrons. The number of hydrogen-bond acceptors (Lipinski definition) is 7. The van der Waals surface area contributed by atoms with Crippen LogP contribution in [-0.4, -0.2) is 49.9 Å². The van der Waals surface area contributed by atoms with Crippen LogP contribution in [0.15, 0.2) is 89.9 Å². The van der Waals surface area contributed by atoms with E-state index in [0.29, 0.717) is 18.5 Å². The van der Waals surface area contributed by atoms with Gasteiger partial charge < -0.3 is 23.7 Å². The summed E-state index contributed by atoms with van der Waals surface area (Å²) >= 11 is 1.56. The van der Waals surface area contributed by atoms with Crippen LogP contribution >= 0.6 is 11.3 Å². The Hall–Kier alpha value is -4.40. The average Bonchev–Trinajstić information content (AvgIpc) is 3.42. The summed E-state index contributed by atoms with van der Waals surface area (Å²) in [5.74, 6) is 0.879. The fourth-order valence-corrected chi connectivity index (χ4v) is 6.75. The van der Waals surface area contributed by atoms with Gasteiger partial charge >= 0.3 is 5.97 Å². The molecule has 0 fully saturated rings. The number of benzene rings is 3. The van der Waals surface area contributed by atoms with Gasteiger partial charge in [-0.25, -0.2) is 4.79 Å². The van der Waals surface area contributed by atoms with Gasteiger partial charge in [0.2, 0.25) is 5.43 Å². The number of carbonyl (C=O) groups excluding carboxylic acids is 1. The van der Waals surface area contributed by atoms with Gasteiger partial charge in [0.15, 0.2) is 0 Å². The lowest BCUT2D eigenvalue weighted by Gasteiger charge is -2.18. The highest BCUT2D eigenvalue weighted by Gasteiger charge is 2.25. The minimum absolute atomic E-state index is 0.0290. The van der Waals surface area contributed by atoms with Crippen LogP contribution in [0.4, 0.5) is 0 Å². The van der Waals surface area contributed by atoms with Crippen molar-refractivity contribution < 1.29 is 19.0 Å². The molecule has 0 N–H and O–H groups in total. The van der Waals surface area contributed by atoms with Crippen LogP contribution in [0, 0.1) is 0 Å². The molecule has 0 bridgehead atoms. The molecule has 5 aromatic rings. The van der Waals surface area contributed by atoms with E-state index in [2.05, 4.69) is 36.2 Å². The third-order valence-electron chi connectivity index (χ3n) is 7.66. The molecular weight excluding hydrogens is 572 g/mol. The number of fused-ring (bicyclic) bond motifs is 1. The van der Waals surface area contributed by atoms with Crippen molar-refractivity contribution in [1.82, 2.24) is 9.47 Å². The van der Waals surface area contributed by atoms with Crippen molar-refractivity contribution in [2.24, 2.45) is 0 Å². The van der Waals surface area contributed by atoms with Crippen LogP contribution in [0.2, 0.25) is 0 Å². The smallest absolute Gasteiger partial charge is 0.343 e. The Labute approximate surface area is 262 Å². The zero-order chi connectivity index (χ0) is 31.1. The van der Waals surface area contributed by atoms with Gasteiger partial charge in [-0.1, -0.05) is 48.5 Å². The van der Waals surface area contributed by atoms with Crippen molar-refractivity contribution in [3.05, 3.63) is 118 Å². The van der Waals surface area contributed by atoms with Crippen LogP contribution < -0.4 is 14.9 Å². The molecular formula is C36H38N2O5S. The summed E-state index contributed by atoms with van der Waals surface area (Å²) < 4.78 is 18.4. The number of pyridine rings is 1. The average molecular weight is 611 g/mol. The summed E-state index contributed by atoms with van der Waals surface area (Å²) in [6, 6.07) is 26.1. The zero-order valence-electron chi connectivity index (χ0n) is 25.7. The number of nitrogens with zero attached hydrogens (tertiary/aromatic N) is 2. The Morgan fingerprint density at radius 1 is 0.932 bits per heavy atom. The van der Waals surface area contributed by atoms with Crippen molar-refractivity contribution in [1.29, 1.82) is 0 Å². The second-order valence-corrected chi connectivity index (χ2v) is 11.7. The number of ether oxygens (including phenoxy) is 3. The molecule has 5 rings (SSSR count). The maximum absolute atomic E-state index is 14.1. The first-order valence-electron chi connectivity index (χ1n) is 14.8. The normalized spacial score (nSPS) is 11.2. The fourth-order valence-electron chi connectivity index (χ4n) is 5.46. The molecule has 2 aromatic heterocycles.